The van der Waals surface area contributed by atoms with E-state index in [1.165, 1.54) is 6.42 Å². The molecular formula is C11H22N2O2. The van der Waals surface area contributed by atoms with Crippen LogP contribution in [0.5, 0.6) is 0 Å². The maximum atomic E-state index is 11.6. The van der Waals surface area contributed by atoms with Crippen molar-refractivity contribution in [2.24, 2.45) is 5.73 Å². The first-order valence-corrected chi connectivity index (χ1v) is 5.85. The number of piperidine rings is 1. The number of amides is 1. The first-order chi connectivity index (χ1) is 7.24. The quantitative estimate of drug-likeness (QED) is 0.735. The standard InChI is InChI=1S/C11H22N2O2/c1-2-10(12)8-15-9-11(14)13-6-4-3-5-7-13/h10H,2-9,12H2,1H3. The number of carbonyl (C=O) groups is 1. The number of nitrogens with two attached hydrogens (primary N) is 1. The van der Waals surface area contributed by atoms with Gasteiger partial charge in [-0.3, -0.25) is 4.79 Å². The Hall–Kier alpha value is -0.610. The van der Waals surface area contributed by atoms with Gasteiger partial charge in [0.1, 0.15) is 6.61 Å². The summed E-state index contributed by atoms with van der Waals surface area (Å²) in [6, 6.07) is 0.0548. The van der Waals surface area contributed by atoms with Crippen LogP contribution in [0.2, 0.25) is 0 Å². The fourth-order valence-electron chi connectivity index (χ4n) is 1.65. The van der Waals surface area contributed by atoms with E-state index in [0.29, 0.717) is 6.61 Å². The fourth-order valence-corrected chi connectivity index (χ4v) is 1.65. The molecule has 1 aliphatic heterocycles. The summed E-state index contributed by atoms with van der Waals surface area (Å²) < 4.78 is 5.29. The average Bonchev–Trinajstić information content (AvgIpc) is 2.29. The maximum absolute atomic E-state index is 11.6. The van der Waals surface area contributed by atoms with Crippen LogP contribution in [-0.4, -0.2) is 43.2 Å². The molecule has 2 N–H and O–H groups in total. The maximum Gasteiger partial charge on any atom is 0.248 e. The van der Waals surface area contributed by atoms with Crippen molar-refractivity contribution in [3.05, 3.63) is 0 Å². The molecule has 0 radical (unpaired) electrons. The van der Waals surface area contributed by atoms with Crippen LogP contribution in [0.15, 0.2) is 0 Å². The van der Waals surface area contributed by atoms with Crippen LogP contribution in [0.4, 0.5) is 0 Å². The van der Waals surface area contributed by atoms with Crippen molar-refractivity contribution in [3.8, 4) is 0 Å². The normalized spacial score (nSPS) is 18.9. The minimum atomic E-state index is 0.0548. The largest absolute Gasteiger partial charge is 0.370 e. The zero-order valence-corrected chi connectivity index (χ0v) is 9.58. The number of rotatable bonds is 5. The summed E-state index contributed by atoms with van der Waals surface area (Å²) in [5.41, 5.74) is 5.69. The molecule has 15 heavy (non-hydrogen) atoms. The molecule has 1 saturated heterocycles. The fraction of sp³-hybridized carbons (Fsp3) is 0.909. The molecule has 1 aliphatic rings. The van der Waals surface area contributed by atoms with Crippen LogP contribution < -0.4 is 5.73 Å². The molecule has 4 heteroatoms. The Labute approximate surface area is 91.8 Å². The molecule has 1 rings (SSSR count). The van der Waals surface area contributed by atoms with Gasteiger partial charge in [0.15, 0.2) is 0 Å². The molecule has 0 aromatic carbocycles. The Morgan fingerprint density at radius 2 is 2.07 bits per heavy atom. The molecule has 0 spiro atoms. The van der Waals surface area contributed by atoms with Crippen molar-refractivity contribution in [2.75, 3.05) is 26.3 Å². The van der Waals surface area contributed by atoms with Crippen molar-refractivity contribution < 1.29 is 9.53 Å². The van der Waals surface area contributed by atoms with Gasteiger partial charge in [-0.25, -0.2) is 0 Å². The Morgan fingerprint density at radius 3 is 2.67 bits per heavy atom. The van der Waals surface area contributed by atoms with Gasteiger partial charge in [0.25, 0.3) is 0 Å². The first kappa shape index (κ1) is 12.5. The molecule has 1 heterocycles. The molecule has 1 fully saturated rings. The third-order valence-electron chi connectivity index (χ3n) is 2.79. The van der Waals surface area contributed by atoms with Gasteiger partial charge in [-0.1, -0.05) is 6.92 Å². The minimum Gasteiger partial charge on any atom is -0.370 e. The molecule has 88 valence electrons. The van der Waals surface area contributed by atoms with Crippen LogP contribution in [0.25, 0.3) is 0 Å². The summed E-state index contributed by atoms with van der Waals surface area (Å²) in [4.78, 5) is 13.5. The van der Waals surface area contributed by atoms with E-state index in [9.17, 15) is 4.79 Å². The van der Waals surface area contributed by atoms with Crippen LogP contribution in [-0.2, 0) is 9.53 Å². The SMILES string of the molecule is CCC(N)COCC(=O)N1CCCCC1. The molecule has 1 atom stereocenters. The third-order valence-corrected chi connectivity index (χ3v) is 2.79. The van der Waals surface area contributed by atoms with Gasteiger partial charge in [-0.05, 0) is 25.7 Å². The number of hydrogen-bond acceptors (Lipinski definition) is 3. The highest BCUT2D eigenvalue weighted by molar-refractivity contribution is 5.77. The zero-order chi connectivity index (χ0) is 11.1. The number of ether oxygens (including phenoxy) is 1. The lowest BCUT2D eigenvalue weighted by Crippen LogP contribution is -2.38. The van der Waals surface area contributed by atoms with Crippen molar-refractivity contribution in [3.63, 3.8) is 0 Å². The lowest BCUT2D eigenvalue weighted by Gasteiger charge is -2.26. The Balaban J connectivity index is 2.12. The summed E-state index contributed by atoms with van der Waals surface area (Å²) in [5, 5.41) is 0. The highest BCUT2D eigenvalue weighted by atomic mass is 16.5. The topological polar surface area (TPSA) is 55.6 Å². The Morgan fingerprint density at radius 1 is 1.40 bits per heavy atom. The van der Waals surface area contributed by atoms with Gasteiger partial charge in [0, 0.05) is 19.1 Å². The second kappa shape index (κ2) is 6.80. The summed E-state index contributed by atoms with van der Waals surface area (Å²) in [5.74, 6) is 0.109. The van der Waals surface area contributed by atoms with E-state index in [1.54, 1.807) is 0 Å². The van der Waals surface area contributed by atoms with Crippen LogP contribution in [0, 0.1) is 0 Å². The Kier molecular flexibility index (Phi) is 5.65. The molecule has 1 amide bonds. The van der Waals surface area contributed by atoms with Crippen LogP contribution in [0.3, 0.4) is 0 Å². The van der Waals surface area contributed by atoms with Gasteiger partial charge in [-0.2, -0.15) is 0 Å². The van der Waals surface area contributed by atoms with Gasteiger partial charge >= 0.3 is 0 Å². The van der Waals surface area contributed by atoms with Crippen molar-refractivity contribution >= 4 is 5.91 Å². The molecule has 0 aliphatic carbocycles. The Bertz CT molecular complexity index is 191. The van der Waals surface area contributed by atoms with Gasteiger partial charge in [-0.15, -0.1) is 0 Å². The number of nitrogens with zero attached hydrogens (tertiary/aromatic N) is 1. The van der Waals surface area contributed by atoms with E-state index in [0.717, 1.165) is 32.4 Å². The zero-order valence-electron chi connectivity index (χ0n) is 9.58. The molecule has 0 aromatic rings. The average molecular weight is 214 g/mol. The van der Waals surface area contributed by atoms with E-state index < -0.39 is 0 Å². The van der Waals surface area contributed by atoms with E-state index in [2.05, 4.69) is 0 Å². The van der Waals surface area contributed by atoms with E-state index in [-0.39, 0.29) is 18.6 Å². The van der Waals surface area contributed by atoms with Crippen molar-refractivity contribution in [2.45, 2.75) is 38.6 Å². The smallest absolute Gasteiger partial charge is 0.248 e. The molecule has 0 saturated carbocycles. The second-order valence-corrected chi connectivity index (χ2v) is 4.12. The third kappa shape index (κ3) is 4.62. The summed E-state index contributed by atoms with van der Waals surface area (Å²) >= 11 is 0. The molecule has 0 aromatic heterocycles. The van der Waals surface area contributed by atoms with Gasteiger partial charge in [0.2, 0.25) is 5.91 Å². The first-order valence-electron chi connectivity index (χ1n) is 5.85. The van der Waals surface area contributed by atoms with Crippen LogP contribution in [0.1, 0.15) is 32.6 Å². The van der Waals surface area contributed by atoms with E-state index >= 15 is 0 Å². The van der Waals surface area contributed by atoms with Crippen molar-refractivity contribution in [1.82, 2.24) is 4.90 Å². The molecule has 1 unspecified atom stereocenters. The lowest BCUT2D eigenvalue weighted by molar-refractivity contribution is -0.137. The number of hydrogen-bond donors (Lipinski definition) is 1. The van der Waals surface area contributed by atoms with Crippen LogP contribution >= 0.6 is 0 Å². The van der Waals surface area contributed by atoms with Crippen molar-refractivity contribution in [1.29, 1.82) is 0 Å². The van der Waals surface area contributed by atoms with Gasteiger partial charge in [0.05, 0.1) is 6.61 Å². The highest BCUT2D eigenvalue weighted by Crippen LogP contribution is 2.08. The second-order valence-electron chi connectivity index (χ2n) is 4.12. The molecule has 4 nitrogen and oxygen atoms in total. The highest BCUT2D eigenvalue weighted by Gasteiger charge is 2.16. The molecular weight excluding hydrogens is 192 g/mol. The summed E-state index contributed by atoms with van der Waals surface area (Å²) in [7, 11) is 0. The van der Waals surface area contributed by atoms with E-state index in [1.807, 2.05) is 11.8 Å². The monoisotopic (exact) mass is 214 g/mol. The summed E-state index contributed by atoms with van der Waals surface area (Å²) in [6.45, 7) is 4.47. The number of carbonyl (C=O) groups excluding carboxylic acids is 1. The van der Waals surface area contributed by atoms with Gasteiger partial charge < -0.3 is 15.4 Å². The predicted octanol–water partition coefficient (Wildman–Crippen LogP) is 0.753. The lowest BCUT2D eigenvalue weighted by atomic mass is 10.1. The molecule has 0 bridgehead atoms. The minimum absolute atomic E-state index is 0.0548. The predicted molar refractivity (Wildman–Crippen MR) is 59.5 cm³/mol. The summed E-state index contributed by atoms with van der Waals surface area (Å²) in [6.07, 6.45) is 4.38. The van der Waals surface area contributed by atoms with E-state index in [4.69, 9.17) is 10.5 Å². The number of likely N-dealkylation sites (tertiary alicyclic amines) is 1.